The molecule has 1 aromatic carbocycles. The smallest absolute Gasteiger partial charge is 0.321 e. The van der Waals surface area contributed by atoms with Gasteiger partial charge in [0.15, 0.2) is 6.61 Å². The number of urea groups is 1. The summed E-state index contributed by atoms with van der Waals surface area (Å²) in [4.78, 5) is 23.4. The van der Waals surface area contributed by atoms with Gasteiger partial charge in [0.05, 0.1) is 5.75 Å². The summed E-state index contributed by atoms with van der Waals surface area (Å²) in [5, 5.41) is 12.8. The molecule has 0 saturated heterocycles. The first-order valence-electron chi connectivity index (χ1n) is 7.98. The number of benzene rings is 1. The van der Waals surface area contributed by atoms with E-state index in [0.29, 0.717) is 11.6 Å². The fourth-order valence-corrected chi connectivity index (χ4v) is 2.45. The Morgan fingerprint density at radius 2 is 2.04 bits per heavy atom. The molecular formula is C17H22N4O4S. The molecule has 0 saturated carbocycles. The first-order valence-corrected chi connectivity index (χ1v) is 8.96. The van der Waals surface area contributed by atoms with Gasteiger partial charge in [-0.3, -0.25) is 10.1 Å². The van der Waals surface area contributed by atoms with Crippen molar-refractivity contribution in [2.45, 2.75) is 45.1 Å². The van der Waals surface area contributed by atoms with Crippen LogP contribution in [-0.2, 0) is 11.4 Å². The van der Waals surface area contributed by atoms with Crippen molar-refractivity contribution in [2.24, 2.45) is 0 Å². The summed E-state index contributed by atoms with van der Waals surface area (Å²) in [5.41, 5.74) is 0.668. The third-order valence-corrected chi connectivity index (χ3v) is 3.69. The summed E-state index contributed by atoms with van der Waals surface area (Å²) in [6.45, 7) is 7.58. The van der Waals surface area contributed by atoms with Crippen molar-refractivity contribution in [1.82, 2.24) is 20.8 Å². The highest BCUT2D eigenvalue weighted by Gasteiger charge is 2.16. The number of aromatic nitrogens is 2. The molecule has 8 nitrogen and oxygen atoms in total. The van der Waals surface area contributed by atoms with Crippen LogP contribution in [0.4, 0.5) is 4.79 Å². The molecule has 0 unspecified atom stereocenters. The van der Waals surface area contributed by atoms with Crippen LogP contribution < -0.4 is 15.4 Å². The molecule has 0 fully saturated rings. The molecule has 140 valence electrons. The number of amides is 3. The minimum absolute atomic E-state index is 0.0159. The third-order valence-electron chi connectivity index (χ3n) is 2.87. The predicted molar refractivity (Wildman–Crippen MR) is 97.0 cm³/mol. The summed E-state index contributed by atoms with van der Waals surface area (Å²) in [6, 6.07) is 7.07. The van der Waals surface area contributed by atoms with Crippen molar-refractivity contribution < 1.29 is 18.7 Å². The number of hydrogen-bond acceptors (Lipinski definition) is 7. The molecule has 2 aromatic rings. The summed E-state index contributed by atoms with van der Waals surface area (Å²) in [7, 11) is 0. The lowest BCUT2D eigenvalue weighted by atomic mass is 10.1. The molecule has 3 amide bonds. The first-order chi connectivity index (χ1) is 12.2. The molecule has 0 bridgehead atoms. The van der Waals surface area contributed by atoms with Crippen molar-refractivity contribution in [3.05, 3.63) is 35.7 Å². The summed E-state index contributed by atoms with van der Waals surface area (Å²) in [6.07, 6.45) is 0. The predicted octanol–water partition coefficient (Wildman–Crippen LogP) is 2.67. The monoisotopic (exact) mass is 378 g/mol. The average Bonchev–Trinajstić information content (AvgIpc) is 2.97. The maximum atomic E-state index is 11.8. The Morgan fingerprint density at radius 1 is 1.27 bits per heavy atom. The Balaban J connectivity index is 1.75. The van der Waals surface area contributed by atoms with Crippen LogP contribution >= 0.6 is 11.8 Å². The van der Waals surface area contributed by atoms with Crippen LogP contribution in [0.25, 0.3) is 0 Å². The number of rotatable bonds is 6. The van der Waals surface area contributed by atoms with E-state index in [9.17, 15) is 9.59 Å². The second-order valence-electron chi connectivity index (χ2n) is 6.61. The van der Waals surface area contributed by atoms with Crippen molar-refractivity contribution in [3.63, 3.8) is 0 Å². The SMILES string of the molecule is Cc1cccc(OCc2nnc(SCC(=O)NC(=O)NC(C)(C)C)o2)c1. The standard InChI is InChI=1S/C17H22N4O4S/c1-11-6-5-7-12(8-11)24-9-14-20-21-16(25-14)26-10-13(22)18-15(23)19-17(2,3)4/h5-8H,9-10H2,1-4H3,(H2,18,19,22,23). The maximum absolute atomic E-state index is 11.8. The zero-order chi connectivity index (χ0) is 19.2. The Labute approximate surface area is 156 Å². The topological polar surface area (TPSA) is 106 Å². The molecule has 0 aliphatic carbocycles. The molecule has 2 N–H and O–H groups in total. The molecule has 1 heterocycles. The van der Waals surface area contributed by atoms with Crippen molar-refractivity contribution in [1.29, 1.82) is 0 Å². The molecule has 0 aliphatic heterocycles. The lowest BCUT2D eigenvalue weighted by Crippen LogP contribution is -2.48. The van der Waals surface area contributed by atoms with Gasteiger partial charge in [-0.2, -0.15) is 0 Å². The van der Waals surface area contributed by atoms with E-state index < -0.39 is 17.5 Å². The molecule has 0 radical (unpaired) electrons. The van der Waals surface area contributed by atoms with E-state index in [0.717, 1.165) is 17.3 Å². The van der Waals surface area contributed by atoms with Gasteiger partial charge in [-0.1, -0.05) is 23.9 Å². The Hall–Kier alpha value is -2.55. The van der Waals surface area contributed by atoms with Crippen molar-refractivity contribution in [3.8, 4) is 5.75 Å². The number of ether oxygens (including phenoxy) is 1. The number of nitrogens with zero attached hydrogens (tertiary/aromatic N) is 2. The minimum Gasteiger partial charge on any atom is -0.484 e. The molecule has 2 rings (SSSR count). The van der Waals surface area contributed by atoms with Crippen molar-refractivity contribution in [2.75, 3.05) is 5.75 Å². The fourth-order valence-electron chi connectivity index (χ4n) is 1.87. The van der Waals surface area contributed by atoms with Crippen LogP contribution in [0, 0.1) is 6.92 Å². The molecule has 26 heavy (non-hydrogen) atoms. The van der Waals surface area contributed by atoms with Gasteiger partial charge in [0.2, 0.25) is 5.91 Å². The summed E-state index contributed by atoms with van der Waals surface area (Å²) >= 11 is 1.05. The molecule has 9 heteroatoms. The molecule has 1 aromatic heterocycles. The third kappa shape index (κ3) is 7.14. The van der Waals surface area contributed by atoms with Gasteiger partial charge in [-0.15, -0.1) is 10.2 Å². The summed E-state index contributed by atoms with van der Waals surface area (Å²) in [5.74, 6) is 0.548. The van der Waals surface area contributed by atoms with Crippen LogP contribution in [0.5, 0.6) is 5.75 Å². The van der Waals surface area contributed by atoms with Crippen LogP contribution in [0.2, 0.25) is 0 Å². The van der Waals surface area contributed by atoms with E-state index in [4.69, 9.17) is 9.15 Å². The number of aryl methyl sites for hydroxylation is 1. The van der Waals surface area contributed by atoms with Gasteiger partial charge >= 0.3 is 6.03 Å². The van der Waals surface area contributed by atoms with E-state index in [1.807, 2.05) is 52.0 Å². The normalized spacial score (nSPS) is 11.1. The lowest BCUT2D eigenvalue weighted by molar-refractivity contribution is -0.117. The number of carbonyl (C=O) groups excluding carboxylic acids is 2. The van der Waals surface area contributed by atoms with E-state index in [1.54, 1.807) is 0 Å². The molecular weight excluding hydrogens is 356 g/mol. The van der Waals surface area contributed by atoms with Crippen molar-refractivity contribution >= 4 is 23.7 Å². The van der Waals surface area contributed by atoms with Gasteiger partial charge in [0.1, 0.15) is 5.75 Å². The lowest BCUT2D eigenvalue weighted by Gasteiger charge is -2.20. The molecule has 0 aliphatic rings. The van der Waals surface area contributed by atoms with E-state index >= 15 is 0 Å². The Bertz CT molecular complexity index is 770. The fraction of sp³-hybridized carbons (Fsp3) is 0.412. The minimum atomic E-state index is -0.541. The van der Waals surface area contributed by atoms with Crippen LogP contribution in [0.15, 0.2) is 33.9 Å². The largest absolute Gasteiger partial charge is 0.484 e. The second kappa shape index (κ2) is 8.70. The van der Waals surface area contributed by atoms with Crippen LogP contribution in [0.1, 0.15) is 32.2 Å². The van der Waals surface area contributed by atoms with Gasteiger partial charge in [0.25, 0.3) is 11.1 Å². The Morgan fingerprint density at radius 3 is 2.73 bits per heavy atom. The highest BCUT2D eigenvalue weighted by molar-refractivity contribution is 7.99. The van der Waals surface area contributed by atoms with E-state index in [2.05, 4.69) is 20.8 Å². The zero-order valence-corrected chi connectivity index (χ0v) is 16.0. The summed E-state index contributed by atoms with van der Waals surface area (Å²) < 4.78 is 11.0. The van der Waals surface area contributed by atoms with Gasteiger partial charge in [0, 0.05) is 5.54 Å². The number of hydrogen-bond donors (Lipinski definition) is 2. The maximum Gasteiger partial charge on any atom is 0.321 e. The average molecular weight is 378 g/mol. The van der Waals surface area contributed by atoms with Gasteiger partial charge in [-0.25, -0.2) is 4.79 Å². The number of imide groups is 1. The van der Waals surface area contributed by atoms with Crippen LogP contribution in [-0.4, -0.2) is 33.4 Å². The molecule has 0 atom stereocenters. The quantitative estimate of drug-likeness (QED) is 0.744. The Kier molecular flexibility index (Phi) is 6.62. The van der Waals surface area contributed by atoms with E-state index in [1.165, 1.54) is 0 Å². The van der Waals surface area contributed by atoms with Crippen LogP contribution in [0.3, 0.4) is 0 Å². The zero-order valence-electron chi connectivity index (χ0n) is 15.2. The number of nitrogens with one attached hydrogen (secondary N) is 2. The highest BCUT2D eigenvalue weighted by atomic mass is 32.2. The second-order valence-corrected chi connectivity index (χ2v) is 7.53. The van der Waals surface area contributed by atoms with Gasteiger partial charge in [-0.05, 0) is 45.4 Å². The molecule has 0 spiro atoms. The van der Waals surface area contributed by atoms with Gasteiger partial charge < -0.3 is 14.5 Å². The van der Waals surface area contributed by atoms with E-state index in [-0.39, 0.29) is 17.6 Å². The number of thioether (sulfide) groups is 1. The first kappa shape index (κ1) is 19.8. The highest BCUT2D eigenvalue weighted by Crippen LogP contribution is 2.18. The number of carbonyl (C=O) groups is 2.